The number of rotatable bonds is 6. The Labute approximate surface area is 303 Å². The number of aliphatic hydroxyl groups is 2. The van der Waals surface area contributed by atoms with Gasteiger partial charge in [-0.1, -0.05) is 34.6 Å². The number of amides is 1. The van der Waals surface area contributed by atoms with E-state index >= 15 is 0 Å². The van der Waals surface area contributed by atoms with E-state index in [1.54, 1.807) is 30.9 Å². The molecule has 1 aromatic rings. The number of carbonyl (C=O) groups excluding carboxylic acids is 2. The van der Waals surface area contributed by atoms with Gasteiger partial charge in [0.05, 0.1) is 49.4 Å². The molecular formula is C41H61NO9. The number of aliphatic hydroxyl groups excluding tert-OH is 1. The van der Waals surface area contributed by atoms with E-state index in [9.17, 15) is 19.8 Å². The lowest BCUT2D eigenvalue weighted by Crippen LogP contribution is -2.60. The van der Waals surface area contributed by atoms with Gasteiger partial charge >= 0.3 is 5.97 Å². The predicted octanol–water partition coefficient (Wildman–Crippen LogP) is 5.98. The Hall–Kier alpha value is -1.98. The van der Waals surface area contributed by atoms with Crippen LogP contribution in [0, 0.1) is 50.7 Å². The first-order valence-corrected chi connectivity index (χ1v) is 19.7. The van der Waals surface area contributed by atoms with Crippen LogP contribution in [0.15, 0.2) is 22.8 Å². The van der Waals surface area contributed by atoms with Gasteiger partial charge in [-0.3, -0.25) is 9.59 Å². The topological polar surface area (TPSA) is 128 Å². The molecule has 5 saturated carbocycles. The van der Waals surface area contributed by atoms with Gasteiger partial charge in [-0.2, -0.15) is 0 Å². The number of ether oxygens (including phenoxy) is 4. The molecule has 4 unspecified atom stereocenters. The molecule has 2 saturated heterocycles. The summed E-state index contributed by atoms with van der Waals surface area (Å²) in [6, 6.07) is 3.44. The molecule has 0 aromatic carbocycles. The Balaban J connectivity index is 1.01. The molecule has 0 bridgehead atoms. The lowest BCUT2D eigenvalue weighted by Gasteiger charge is -2.64. The Bertz CT molecular complexity index is 1520. The van der Waals surface area contributed by atoms with Gasteiger partial charge in [0.25, 0.3) is 5.91 Å². The van der Waals surface area contributed by atoms with Crippen LogP contribution in [0.5, 0.6) is 0 Å². The number of esters is 1. The van der Waals surface area contributed by atoms with Crippen molar-refractivity contribution in [3.8, 4) is 0 Å². The fourth-order valence-corrected chi connectivity index (χ4v) is 14.2. The standard InChI is InChI=1S/C41H61NO9/c1-23-20-26(34(37(5,6)46)49-24(2)43)50-32-31(23)38(7)15-16-41-22-40(41)14-13-29(36(3,4)27(40)11-12-28(41)39(38,8)33(32)44)51-30-21-42(17-19-48-30)35(45)25-10-9-18-47-25/h9-10,18,23,26-34,44,46H,11-17,19-22H2,1-8H3/t23-,26?,27+,28?,29+,30+,31+,32?,33+,34+,38-,39-,40-,41?/m1/s1. The minimum absolute atomic E-state index is 0.0301. The smallest absolute Gasteiger partial charge is 0.303 e. The van der Waals surface area contributed by atoms with Crippen molar-refractivity contribution in [2.45, 2.75) is 149 Å². The van der Waals surface area contributed by atoms with Crippen LogP contribution < -0.4 is 0 Å². The quantitative estimate of drug-likeness (QED) is 0.343. The van der Waals surface area contributed by atoms with Gasteiger partial charge in [-0.15, -0.1) is 0 Å². The third kappa shape index (κ3) is 4.97. The Morgan fingerprint density at radius 2 is 1.78 bits per heavy atom. The molecule has 8 rings (SSSR count). The zero-order chi connectivity index (χ0) is 36.5. The number of furan rings is 1. The second kappa shape index (κ2) is 11.8. The van der Waals surface area contributed by atoms with E-state index in [1.165, 1.54) is 26.0 Å². The molecule has 5 aliphatic carbocycles. The number of fused-ring (bicyclic) bond motifs is 4. The summed E-state index contributed by atoms with van der Waals surface area (Å²) in [6.45, 7) is 18.0. The van der Waals surface area contributed by atoms with Crippen LogP contribution in [0.4, 0.5) is 0 Å². The van der Waals surface area contributed by atoms with Gasteiger partial charge in [0.2, 0.25) is 0 Å². The van der Waals surface area contributed by atoms with Gasteiger partial charge < -0.3 is 38.5 Å². The van der Waals surface area contributed by atoms with Crippen molar-refractivity contribution in [1.82, 2.24) is 4.90 Å². The normalized spacial score (nSPS) is 47.6. The molecule has 7 aliphatic rings. The molecule has 284 valence electrons. The average Bonchev–Trinajstić information content (AvgIpc) is 3.32. The highest BCUT2D eigenvalue weighted by molar-refractivity contribution is 5.91. The molecule has 10 heteroatoms. The summed E-state index contributed by atoms with van der Waals surface area (Å²) >= 11 is 0. The van der Waals surface area contributed by atoms with E-state index in [2.05, 4.69) is 34.6 Å². The summed E-state index contributed by atoms with van der Waals surface area (Å²) < 4.78 is 30.8. The van der Waals surface area contributed by atoms with Crippen LogP contribution in [0.1, 0.15) is 117 Å². The molecule has 0 radical (unpaired) electrons. The minimum Gasteiger partial charge on any atom is -0.459 e. The largest absolute Gasteiger partial charge is 0.459 e. The number of hydrogen-bond donors (Lipinski definition) is 2. The third-order valence-electron chi connectivity index (χ3n) is 16.5. The monoisotopic (exact) mass is 711 g/mol. The van der Waals surface area contributed by atoms with Gasteiger partial charge in [0.15, 0.2) is 18.2 Å². The highest BCUT2D eigenvalue weighted by Crippen LogP contribution is 2.89. The first kappa shape index (κ1) is 36.0. The van der Waals surface area contributed by atoms with Crippen molar-refractivity contribution in [3.63, 3.8) is 0 Å². The summed E-state index contributed by atoms with van der Waals surface area (Å²) in [7, 11) is 0. The summed E-state index contributed by atoms with van der Waals surface area (Å²) in [5, 5.41) is 23.6. The molecule has 7 fully saturated rings. The maximum Gasteiger partial charge on any atom is 0.303 e. The van der Waals surface area contributed by atoms with Crippen LogP contribution in [0.3, 0.4) is 0 Å². The molecule has 10 nitrogen and oxygen atoms in total. The highest BCUT2D eigenvalue weighted by atomic mass is 16.7. The first-order chi connectivity index (χ1) is 23.9. The van der Waals surface area contributed by atoms with Gasteiger partial charge in [-0.05, 0) is 123 Å². The maximum atomic E-state index is 13.0. The fourth-order valence-electron chi connectivity index (χ4n) is 14.2. The number of hydrogen-bond acceptors (Lipinski definition) is 9. The lowest BCUT2D eigenvalue weighted by molar-refractivity contribution is -0.245. The number of morpholine rings is 1. The summed E-state index contributed by atoms with van der Waals surface area (Å²) in [5.74, 6) is 1.12. The van der Waals surface area contributed by atoms with Crippen molar-refractivity contribution in [1.29, 1.82) is 0 Å². The summed E-state index contributed by atoms with van der Waals surface area (Å²) in [6.07, 6.45) is 7.21. The van der Waals surface area contributed by atoms with E-state index in [0.717, 1.165) is 32.1 Å². The summed E-state index contributed by atoms with van der Waals surface area (Å²) in [4.78, 5) is 26.9. The van der Waals surface area contributed by atoms with Crippen LogP contribution in [-0.2, 0) is 23.7 Å². The van der Waals surface area contributed by atoms with Crippen LogP contribution in [-0.4, -0.2) is 89.1 Å². The molecule has 1 aromatic heterocycles. The summed E-state index contributed by atoms with van der Waals surface area (Å²) in [5.41, 5.74) is -1.31. The number of nitrogens with zero attached hydrogens (tertiary/aromatic N) is 1. The van der Waals surface area contributed by atoms with E-state index in [0.29, 0.717) is 43.7 Å². The van der Waals surface area contributed by atoms with E-state index in [4.69, 9.17) is 23.4 Å². The lowest BCUT2D eigenvalue weighted by atomic mass is 9.41. The first-order valence-electron chi connectivity index (χ1n) is 19.7. The predicted molar refractivity (Wildman–Crippen MR) is 187 cm³/mol. The molecular weight excluding hydrogens is 650 g/mol. The maximum absolute atomic E-state index is 13.0. The van der Waals surface area contributed by atoms with Crippen molar-refractivity contribution >= 4 is 11.9 Å². The second-order valence-electron chi connectivity index (χ2n) is 19.4. The Kier molecular flexibility index (Phi) is 8.30. The van der Waals surface area contributed by atoms with Gasteiger partial charge in [0, 0.05) is 18.9 Å². The molecule has 3 heterocycles. The molecule has 51 heavy (non-hydrogen) atoms. The molecule has 14 atom stereocenters. The fraction of sp³-hybridized carbons (Fsp3) is 0.854. The van der Waals surface area contributed by atoms with Crippen molar-refractivity contribution in [2.75, 3.05) is 19.7 Å². The van der Waals surface area contributed by atoms with Crippen molar-refractivity contribution in [3.05, 3.63) is 24.2 Å². The Morgan fingerprint density at radius 3 is 2.47 bits per heavy atom. The molecule has 2 spiro atoms. The molecule has 1 amide bonds. The van der Waals surface area contributed by atoms with E-state index < -0.39 is 36.2 Å². The Morgan fingerprint density at radius 1 is 1.06 bits per heavy atom. The minimum atomic E-state index is -1.27. The SMILES string of the molecule is CC(=O)O[C@@H](C1C[C@@H](C)[C@H]2C(O1)[C@H](O)[C@@]1(C)C3CC[C@H]4C(C)(C)[C@@H](O[C@H]5CN(C(=O)c6ccco6)CCO5)CC[C@@]45CC35CC[C@]21C)C(C)(C)O. The van der Waals surface area contributed by atoms with Crippen LogP contribution in [0.2, 0.25) is 0 Å². The number of carbonyl (C=O) groups is 2. The average molecular weight is 712 g/mol. The zero-order valence-corrected chi connectivity index (χ0v) is 32.0. The zero-order valence-electron chi connectivity index (χ0n) is 32.0. The van der Waals surface area contributed by atoms with Crippen molar-refractivity contribution in [2.24, 2.45) is 50.7 Å². The highest BCUT2D eigenvalue weighted by Gasteiger charge is 2.84. The van der Waals surface area contributed by atoms with Crippen LogP contribution >= 0.6 is 0 Å². The molecule has 2 aliphatic heterocycles. The second-order valence-corrected chi connectivity index (χ2v) is 19.4. The van der Waals surface area contributed by atoms with Gasteiger partial charge in [-0.25, -0.2) is 0 Å². The third-order valence-corrected chi connectivity index (χ3v) is 16.5. The van der Waals surface area contributed by atoms with Gasteiger partial charge in [0.1, 0.15) is 0 Å². The van der Waals surface area contributed by atoms with E-state index in [-0.39, 0.29) is 57.0 Å². The van der Waals surface area contributed by atoms with Crippen LogP contribution in [0.25, 0.3) is 0 Å². The molecule has 2 N–H and O–H groups in total. The van der Waals surface area contributed by atoms with Crippen molar-refractivity contribution < 1.29 is 43.2 Å². The van der Waals surface area contributed by atoms with E-state index in [1.807, 2.05) is 0 Å².